The molecule has 1 heterocycles. The predicted octanol–water partition coefficient (Wildman–Crippen LogP) is 0.780. The molecule has 5 nitrogen and oxygen atoms in total. The van der Waals surface area contributed by atoms with Crippen LogP contribution in [0, 0.1) is 5.92 Å². The third kappa shape index (κ3) is 4.86. The van der Waals surface area contributed by atoms with E-state index in [0.717, 1.165) is 6.42 Å². The molecule has 1 aliphatic rings. The van der Waals surface area contributed by atoms with Crippen LogP contribution < -0.4 is 5.73 Å². The molecule has 1 rings (SSSR count). The maximum Gasteiger partial charge on any atom is 0.306 e. The number of carbonyl (C=O) groups excluding carboxylic acids is 1. The van der Waals surface area contributed by atoms with Gasteiger partial charge in [0.2, 0.25) is 5.91 Å². The van der Waals surface area contributed by atoms with Crippen LogP contribution in [0.1, 0.15) is 26.2 Å². The fraction of sp³-hybridized carbons (Fsp3) is 0.833. The van der Waals surface area contributed by atoms with Crippen LogP contribution in [0.5, 0.6) is 0 Å². The lowest BCUT2D eigenvalue weighted by atomic mass is 9.97. The number of likely N-dealkylation sites (tertiary alicyclic amines) is 1. The first-order valence-electron chi connectivity index (χ1n) is 6.36. The zero-order chi connectivity index (χ0) is 13.5. The average Bonchev–Trinajstić information content (AvgIpc) is 2.36. The summed E-state index contributed by atoms with van der Waals surface area (Å²) in [5.74, 6) is -0.433. The highest BCUT2D eigenvalue weighted by Gasteiger charge is 2.26. The molecule has 18 heavy (non-hydrogen) atoms. The van der Waals surface area contributed by atoms with E-state index in [9.17, 15) is 9.59 Å². The van der Waals surface area contributed by atoms with Gasteiger partial charge in [0, 0.05) is 18.3 Å². The molecule has 0 aromatic heterocycles. The smallest absolute Gasteiger partial charge is 0.306 e. The van der Waals surface area contributed by atoms with Gasteiger partial charge in [0.05, 0.1) is 11.7 Å². The molecule has 1 unspecified atom stereocenters. The van der Waals surface area contributed by atoms with Gasteiger partial charge in [-0.05, 0) is 25.8 Å². The van der Waals surface area contributed by atoms with Crippen LogP contribution in [-0.2, 0) is 9.59 Å². The van der Waals surface area contributed by atoms with Crippen molar-refractivity contribution in [2.45, 2.75) is 31.4 Å². The number of aliphatic carboxylic acids is 1. The van der Waals surface area contributed by atoms with Gasteiger partial charge in [0.15, 0.2) is 0 Å². The molecule has 1 amide bonds. The van der Waals surface area contributed by atoms with Gasteiger partial charge >= 0.3 is 5.97 Å². The lowest BCUT2D eigenvalue weighted by Crippen LogP contribution is -2.41. The molecule has 0 radical (unpaired) electrons. The van der Waals surface area contributed by atoms with E-state index in [2.05, 4.69) is 6.92 Å². The first-order chi connectivity index (χ1) is 8.54. The van der Waals surface area contributed by atoms with Crippen LogP contribution in [0.15, 0.2) is 0 Å². The van der Waals surface area contributed by atoms with Crippen molar-refractivity contribution < 1.29 is 14.7 Å². The van der Waals surface area contributed by atoms with Crippen LogP contribution in [0.25, 0.3) is 0 Å². The van der Waals surface area contributed by atoms with Crippen molar-refractivity contribution >= 4 is 23.6 Å². The summed E-state index contributed by atoms with van der Waals surface area (Å²) in [5.41, 5.74) is 5.46. The molecule has 0 aliphatic carbocycles. The monoisotopic (exact) mass is 274 g/mol. The number of hydrogen-bond donors (Lipinski definition) is 2. The van der Waals surface area contributed by atoms with Crippen molar-refractivity contribution in [2.75, 3.05) is 25.4 Å². The zero-order valence-electron chi connectivity index (χ0n) is 10.8. The Labute approximate surface area is 112 Å². The van der Waals surface area contributed by atoms with Crippen LogP contribution in [-0.4, -0.2) is 52.5 Å². The topological polar surface area (TPSA) is 83.6 Å². The third-order valence-corrected chi connectivity index (χ3v) is 4.48. The lowest BCUT2D eigenvalue weighted by molar-refractivity contribution is -0.145. The predicted molar refractivity (Wildman–Crippen MR) is 72.5 cm³/mol. The molecule has 0 aromatic rings. The second-order valence-corrected chi connectivity index (χ2v) is 6.12. The van der Waals surface area contributed by atoms with Crippen molar-refractivity contribution in [3.05, 3.63) is 0 Å². The molecule has 3 N–H and O–H groups in total. The van der Waals surface area contributed by atoms with Crippen molar-refractivity contribution in [1.29, 1.82) is 0 Å². The van der Waals surface area contributed by atoms with Gasteiger partial charge in [-0.2, -0.15) is 0 Å². The van der Waals surface area contributed by atoms with E-state index in [-0.39, 0.29) is 11.8 Å². The Morgan fingerprint density at radius 2 is 2.06 bits per heavy atom. The number of thioether (sulfide) groups is 1. The van der Waals surface area contributed by atoms with Crippen molar-refractivity contribution in [2.24, 2.45) is 11.7 Å². The summed E-state index contributed by atoms with van der Waals surface area (Å²) in [4.78, 5) is 24.5. The number of nitrogens with zero attached hydrogens (tertiary/aromatic N) is 1. The number of amides is 1. The first-order valence-corrected chi connectivity index (χ1v) is 7.41. The van der Waals surface area contributed by atoms with Crippen LogP contribution in [0.3, 0.4) is 0 Å². The van der Waals surface area contributed by atoms with E-state index in [4.69, 9.17) is 10.8 Å². The van der Waals surface area contributed by atoms with E-state index in [0.29, 0.717) is 43.5 Å². The molecular weight excluding hydrogens is 252 g/mol. The number of carbonyl (C=O) groups is 2. The highest BCUT2D eigenvalue weighted by molar-refractivity contribution is 8.00. The number of carboxylic acids is 1. The third-order valence-electron chi connectivity index (χ3n) is 3.26. The second-order valence-electron chi connectivity index (χ2n) is 4.69. The summed E-state index contributed by atoms with van der Waals surface area (Å²) in [5, 5.41) is 9.28. The molecule has 6 heteroatoms. The molecule has 0 saturated carbocycles. The van der Waals surface area contributed by atoms with Gasteiger partial charge in [-0.3, -0.25) is 9.59 Å². The minimum atomic E-state index is -0.743. The van der Waals surface area contributed by atoms with Gasteiger partial charge in [0.25, 0.3) is 0 Å². The van der Waals surface area contributed by atoms with Crippen molar-refractivity contribution in [3.8, 4) is 0 Å². The highest BCUT2D eigenvalue weighted by atomic mass is 32.2. The maximum atomic E-state index is 11.9. The quantitative estimate of drug-likeness (QED) is 0.748. The Kier molecular flexibility index (Phi) is 6.49. The lowest BCUT2D eigenvalue weighted by Gasteiger charge is -2.30. The molecule has 1 atom stereocenters. The second kappa shape index (κ2) is 7.63. The van der Waals surface area contributed by atoms with E-state index in [1.54, 1.807) is 16.7 Å². The maximum absolute atomic E-state index is 11.9. The molecule has 0 bridgehead atoms. The Bertz CT molecular complexity index is 291. The normalized spacial score (nSPS) is 18.7. The summed E-state index contributed by atoms with van der Waals surface area (Å²) in [6, 6.07) is 0. The van der Waals surface area contributed by atoms with Crippen LogP contribution in [0.2, 0.25) is 0 Å². The molecule has 0 aromatic carbocycles. The zero-order valence-corrected chi connectivity index (χ0v) is 11.6. The van der Waals surface area contributed by atoms with Gasteiger partial charge < -0.3 is 15.7 Å². The number of nitrogens with two attached hydrogens (primary N) is 1. The van der Waals surface area contributed by atoms with Gasteiger partial charge in [-0.25, -0.2) is 0 Å². The fourth-order valence-corrected chi connectivity index (χ4v) is 2.91. The Morgan fingerprint density at radius 3 is 2.56 bits per heavy atom. The summed E-state index contributed by atoms with van der Waals surface area (Å²) in [6.45, 7) is 3.86. The highest BCUT2D eigenvalue weighted by Crippen LogP contribution is 2.19. The minimum Gasteiger partial charge on any atom is -0.481 e. The molecule has 1 fully saturated rings. The van der Waals surface area contributed by atoms with Crippen LogP contribution >= 0.6 is 11.8 Å². The van der Waals surface area contributed by atoms with Crippen molar-refractivity contribution in [3.63, 3.8) is 0 Å². The fourth-order valence-electron chi connectivity index (χ4n) is 2.00. The number of rotatable bonds is 6. The number of piperidine rings is 1. The van der Waals surface area contributed by atoms with Crippen LogP contribution in [0.4, 0.5) is 0 Å². The first kappa shape index (κ1) is 15.3. The van der Waals surface area contributed by atoms with Gasteiger partial charge in [-0.15, -0.1) is 11.8 Å². The van der Waals surface area contributed by atoms with Gasteiger partial charge in [-0.1, -0.05) is 6.92 Å². The van der Waals surface area contributed by atoms with E-state index in [1.807, 2.05) is 0 Å². The van der Waals surface area contributed by atoms with E-state index >= 15 is 0 Å². The van der Waals surface area contributed by atoms with E-state index in [1.165, 1.54) is 0 Å². The average molecular weight is 274 g/mol. The summed E-state index contributed by atoms with van der Waals surface area (Å²) >= 11 is 1.62. The van der Waals surface area contributed by atoms with E-state index < -0.39 is 5.97 Å². The number of carboxylic acid groups (broad SMARTS) is 1. The van der Waals surface area contributed by atoms with Gasteiger partial charge in [0.1, 0.15) is 0 Å². The summed E-state index contributed by atoms with van der Waals surface area (Å²) < 4.78 is 0. The molecular formula is C12H22N2O3S. The Hall–Kier alpha value is -0.750. The molecule has 1 saturated heterocycles. The Balaban J connectivity index is 2.25. The molecule has 1 aliphatic heterocycles. The molecule has 0 spiro atoms. The molecule has 104 valence electrons. The summed E-state index contributed by atoms with van der Waals surface area (Å²) in [6.07, 6.45) is 2.06. The number of hydrogen-bond acceptors (Lipinski definition) is 4. The largest absolute Gasteiger partial charge is 0.481 e. The Morgan fingerprint density at radius 1 is 1.44 bits per heavy atom. The summed E-state index contributed by atoms with van der Waals surface area (Å²) in [7, 11) is 0. The van der Waals surface area contributed by atoms with Crippen molar-refractivity contribution in [1.82, 2.24) is 4.90 Å². The standard InChI is InChI=1S/C12H22N2O3S/c1-9(2-5-13)18-8-11(15)14-6-3-10(4-7-14)12(16)17/h9-10H,2-8,13H2,1H3,(H,16,17). The SMILES string of the molecule is CC(CCN)SCC(=O)N1CCC(C(=O)O)CC1. The minimum absolute atomic E-state index is 0.118.